The van der Waals surface area contributed by atoms with Gasteiger partial charge in [0.1, 0.15) is 0 Å². The van der Waals surface area contributed by atoms with Crippen LogP contribution in [-0.4, -0.2) is 26.3 Å². The standard InChI is InChI=1S/C18H20BrNO3S2/c1-13(15-5-9-17(10-6-15)25(2,22)23)20-18(21)12-24-11-14-3-7-16(19)8-4-14/h3-10,13H,11-12H2,1-2H3,(H,20,21)/t13-/m0/s1. The van der Waals surface area contributed by atoms with E-state index in [0.717, 1.165) is 15.8 Å². The minimum Gasteiger partial charge on any atom is -0.349 e. The van der Waals surface area contributed by atoms with Crippen molar-refractivity contribution in [1.82, 2.24) is 5.32 Å². The van der Waals surface area contributed by atoms with Crippen molar-refractivity contribution >= 4 is 43.4 Å². The van der Waals surface area contributed by atoms with Gasteiger partial charge in [-0.1, -0.05) is 40.2 Å². The smallest absolute Gasteiger partial charge is 0.230 e. The Balaban J connectivity index is 1.82. The molecule has 0 bridgehead atoms. The number of carbonyl (C=O) groups excluding carboxylic acids is 1. The summed E-state index contributed by atoms with van der Waals surface area (Å²) in [5.41, 5.74) is 2.05. The largest absolute Gasteiger partial charge is 0.349 e. The number of halogens is 1. The fourth-order valence-corrected chi connectivity index (χ4v) is 3.91. The van der Waals surface area contributed by atoms with Gasteiger partial charge in [0.2, 0.25) is 5.91 Å². The number of thioether (sulfide) groups is 1. The lowest BCUT2D eigenvalue weighted by Gasteiger charge is -2.14. The highest BCUT2D eigenvalue weighted by Gasteiger charge is 2.12. The second-order valence-corrected chi connectivity index (χ2v) is 9.67. The third-order valence-corrected chi connectivity index (χ3v) is 6.26. The van der Waals surface area contributed by atoms with E-state index in [1.54, 1.807) is 36.0 Å². The topological polar surface area (TPSA) is 63.2 Å². The average Bonchev–Trinajstić information content (AvgIpc) is 2.56. The molecule has 1 N–H and O–H groups in total. The molecule has 2 aromatic rings. The van der Waals surface area contributed by atoms with Gasteiger partial charge in [0.15, 0.2) is 9.84 Å². The van der Waals surface area contributed by atoms with Gasteiger partial charge in [0.25, 0.3) is 0 Å². The second kappa shape index (κ2) is 8.87. The summed E-state index contributed by atoms with van der Waals surface area (Å²) in [6, 6.07) is 14.4. The van der Waals surface area contributed by atoms with E-state index in [4.69, 9.17) is 0 Å². The van der Waals surface area contributed by atoms with E-state index in [1.807, 2.05) is 31.2 Å². The molecule has 2 aromatic carbocycles. The fraction of sp³-hybridized carbons (Fsp3) is 0.278. The van der Waals surface area contributed by atoms with Crippen LogP contribution in [0.15, 0.2) is 57.9 Å². The number of hydrogen-bond donors (Lipinski definition) is 1. The van der Waals surface area contributed by atoms with Crippen LogP contribution in [-0.2, 0) is 20.4 Å². The first-order valence-electron chi connectivity index (χ1n) is 7.67. The van der Waals surface area contributed by atoms with Crippen molar-refractivity contribution < 1.29 is 13.2 Å². The highest BCUT2D eigenvalue weighted by Crippen LogP contribution is 2.18. The Morgan fingerprint density at radius 1 is 1.12 bits per heavy atom. The van der Waals surface area contributed by atoms with E-state index in [2.05, 4.69) is 21.2 Å². The zero-order valence-corrected chi connectivity index (χ0v) is 17.2. The van der Waals surface area contributed by atoms with E-state index in [1.165, 1.54) is 11.8 Å². The van der Waals surface area contributed by atoms with Gasteiger partial charge in [0.05, 0.1) is 16.7 Å². The Morgan fingerprint density at radius 2 is 1.72 bits per heavy atom. The highest BCUT2D eigenvalue weighted by molar-refractivity contribution is 9.10. The quantitative estimate of drug-likeness (QED) is 0.705. The number of benzene rings is 2. The van der Waals surface area contributed by atoms with E-state index in [9.17, 15) is 13.2 Å². The Bertz CT molecular complexity index is 818. The van der Waals surface area contributed by atoms with Crippen molar-refractivity contribution in [3.8, 4) is 0 Å². The number of nitrogens with one attached hydrogen (secondary N) is 1. The van der Waals surface area contributed by atoms with E-state index in [0.29, 0.717) is 5.75 Å². The lowest BCUT2D eigenvalue weighted by Crippen LogP contribution is -2.28. The van der Waals surface area contributed by atoms with Gasteiger partial charge < -0.3 is 5.32 Å². The van der Waals surface area contributed by atoms with Crippen molar-refractivity contribution in [3.05, 3.63) is 64.1 Å². The molecule has 0 spiro atoms. The van der Waals surface area contributed by atoms with Gasteiger partial charge in [-0.15, -0.1) is 11.8 Å². The third-order valence-electron chi connectivity index (χ3n) is 3.60. The van der Waals surface area contributed by atoms with Gasteiger partial charge in [0, 0.05) is 16.5 Å². The molecule has 134 valence electrons. The van der Waals surface area contributed by atoms with Gasteiger partial charge in [-0.2, -0.15) is 0 Å². The molecule has 0 aliphatic carbocycles. The Hall–Kier alpha value is -1.31. The summed E-state index contributed by atoms with van der Waals surface area (Å²) < 4.78 is 24.0. The van der Waals surface area contributed by atoms with Crippen molar-refractivity contribution in [3.63, 3.8) is 0 Å². The summed E-state index contributed by atoms with van der Waals surface area (Å²) in [7, 11) is -3.20. The molecule has 0 heterocycles. The molecule has 0 unspecified atom stereocenters. The van der Waals surface area contributed by atoms with Crippen LogP contribution in [0.1, 0.15) is 24.1 Å². The molecule has 7 heteroatoms. The van der Waals surface area contributed by atoms with Crippen LogP contribution in [0.3, 0.4) is 0 Å². The van der Waals surface area contributed by atoms with Gasteiger partial charge in [-0.25, -0.2) is 8.42 Å². The monoisotopic (exact) mass is 441 g/mol. The molecule has 0 aromatic heterocycles. The lowest BCUT2D eigenvalue weighted by molar-refractivity contribution is -0.119. The van der Waals surface area contributed by atoms with Gasteiger partial charge in [-0.3, -0.25) is 4.79 Å². The second-order valence-electron chi connectivity index (χ2n) is 5.75. The molecule has 0 radical (unpaired) electrons. The average molecular weight is 442 g/mol. The van der Waals surface area contributed by atoms with Crippen molar-refractivity contribution in [2.75, 3.05) is 12.0 Å². The summed E-state index contributed by atoms with van der Waals surface area (Å²) in [5.74, 6) is 1.11. The first-order chi connectivity index (χ1) is 11.8. The third kappa shape index (κ3) is 6.49. The first kappa shape index (κ1) is 20.0. The summed E-state index contributed by atoms with van der Waals surface area (Å²) >= 11 is 4.95. The number of amides is 1. The van der Waals surface area contributed by atoms with Gasteiger partial charge >= 0.3 is 0 Å². The van der Waals surface area contributed by atoms with Crippen LogP contribution < -0.4 is 5.32 Å². The van der Waals surface area contributed by atoms with Crippen molar-refractivity contribution in [1.29, 1.82) is 0 Å². The Labute approximate surface area is 161 Å². The summed E-state index contributed by atoms with van der Waals surface area (Å²) in [6.07, 6.45) is 1.18. The molecule has 1 amide bonds. The van der Waals surface area contributed by atoms with E-state index in [-0.39, 0.29) is 16.8 Å². The SMILES string of the molecule is C[C@H](NC(=O)CSCc1ccc(Br)cc1)c1ccc(S(C)(=O)=O)cc1. The number of hydrogen-bond acceptors (Lipinski definition) is 4. The fourth-order valence-electron chi connectivity index (χ4n) is 2.21. The lowest BCUT2D eigenvalue weighted by atomic mass is 10.1. The number of carbonyl (C=O) groups is 1. The summed E-state index contributed by atoms with van der Waals surface area (Å²) in [6.45, 7) is 1.88. The molecule has 0 saturated carbocycles. The molecular weight excluding hydrogens is 422 g/mol. The van der Waals surface area contributed by atoms with Crippen LogP contribution in [0, 0.1) is 0 Å². The zero-order chi connectivity index (χ0) is 18.4. The zero-order valence-electron chi connectivity index (χ0n) is 14.0. The normalized spacial score (nSPS) is 12.6. The predicted molar refractivity (Wildman–Crippen MR) is 106 cm³/mol. The van der Waals surface area contributed by atoms with Crippen LogP contribution in [0.25, 0.3) is 0 Å². The molecule has 0 aliphatic heterocycles. The van der Waals surface area contributed by atoms with Crippen LogP contribution in [0.4, 0.5) is 0 Å². The molecule has 2 rings (SSSR count). The van der Waals surface area contributed by atoms with Crippen molar-refractivity contribution in [2.45, 2.75) is 23.6 Å². The molecule has 0 aliphatic rings. The molecule has 25 heavy (non-hydrogen) atoms. The molecule has 1 atom stereocenters. The maximum absolute atomic E-state index is 12.1. The maximum Gasteiger partial charge on any atom is 0.230 e. The molecule has 0 fully saturated rings. The predicted octanol–water partition coefficient (Wildman–Crippen LogP) is 3.96. The molecule has 0 saturated heterocycles. The summed E-state index contributed by atoms with van der Waals surface area (Å²) in [5, 5.41) is 2.93. The van der Waals surface area contributed by atoms with Crippen molar-refractivity contribution in [2.24, 2.45) is 0 Å². The minimum absolute atomic E-state index is 0.0400. The Morgan fingerprint density at radius 3 is 2.28 bits per heavy atom. The van der Waals surface area contributed by atoms with E-state index < -0.39 is 9.84 Å². The maximum atomic E-state index is 12.1. The molecule has 4 nitrogen and oxygen atoms in total. The molecular formula is C18H20BrNO3S2. The van der Waals surface area contributed by atoms with Crippen LogP contribution >= 0.6 is 27.7 Å². The number of sulfone groups is 1. The highest BCUT2D eigenvalue weighted by atomic mass is 79.9. The Kier molecular flexibility index (Phi) is 7.10. The van der Waals surface area contributed by atoms with Gasteiger partial charge in [-0.05, 0) is 42.3 Å². The minimum atomic E-state index is -3.20. The first-order valence-corrected chi connectivity index (χ1v) is 11.5. The van der Waals surface area contributed by atoms with E-state index >= 15 is 0 Å². The van der Waals surface area contributed by atoms with Crippen LogP contribution in [0.2, 0.25) is 0 Å². The number of rotatable bonds is 7. The van der Waals surface area contributed by atoms with Crippen LogP contribution in [0.5, 0.6) is 0 Å². The summed E-state index contributed by atoms with van der Waals surface area (Å²) in [4.78, 5) is 12.3.